The van der Waals surface area contributed by atoms with Gasteiger partial charge in [-0.3, -0.25) is 9.69 Å². The molecule has 0 spiro atoms. The van der Waals surface area contributed by atoms with E-state index < -0.39 is 5.97 Å². The van der Waals surface area contributed by atoms with Gasteiger partial charge in [-0.1, -0.05) is 18.2 Å². The molecule has 0 amide bonds. The van der Waals surface area contributed by atoms with E-state index in [2.05, 4.69) is 17.0 Å². The number of hydrogen-bond donors (Lipinski definition) is 1. The van der Waals surface area contributed by atoms with Crippen molar-refractivity contribution in [1.82, 2.24) is 4.90 Å². The number of aliphatic carboxylic acids is 1. The van der Waals surface area contributed by atoms with E-state index in [1.54, 1.807) is 12.1 Å². The van der Waals surface area contributed by atoms with Crippen molar-refractivity contribution in [3.05, 3.63) is 47.3 Å². The van der Waals surface area contributed by atoms with E-state index in [0.29, 0.717) is 5.92 Å². The van der Waals surface area contributed by atoms with E-state index in [1.165, 1.54) is 24.0 Å². The van der Waals surface area contributed by atoms with Crippen LogP contribution >= 0.6 is 0 Å². The third kappa shape index (κ3) is 4.32. The molecule has 1 heterocycles. The minimum atomic E-state index is -0.644. The molecule has 4 heteroatoms. The lowest BCUT2D eigenvalue weighted by Gasteiger charge is -2.26. The summed E-state index contributed by atoms with van der Waals surface area (Å²) < 4.78 is 13.8. The van der Waals surface area contributed by atoms with Crippen LogP contribution in [0.2, 0.25) is 0 Å². The Kier molecular flexibility index (Phi) is 5.44. The summed E-state index contributed by atoms with van der Waals surface area (Å²) in [6, 6.07) is 9.57. The normalized spacial score (nSPS) is 23.7. The van der Waals surface area contributed by atoms with Crippen LogP contribution in [0.15, 0.2) is 30.3 Å². The molecule has 0 radical (unpaired) electrons. The molecular formula is C23H28FNO2. The summed E-state index contributed by atoms with van der Waals surface area (Å²) in [4.78, 5) is 13.6. The van der Waals surface area contributed by atoms with E-state index >= 15 is 0 Å². The minimum Gasteiger partial charge on any atom is -0.481 e. The van der Waals surface area contributed by atoms with Crippen molar-refractivity contribution in [1.29, 1.82) is 0 Å². The van der Waals surface area contributed by atoms with Crippen molar-refractivity contribution in [2.24, 2.45) is 11.8 Å². The maximum Gasteiger partial charge on any atom is 0.306 e. The third-order valence-corrected chi connectivity index (χ3v) is 6.37. The molecule has 1 aliphatic heterocycles. The van der Waals surface area contributed by atoms with Crippen LogP contribution in [-0.4, -0.2) is 29.1 Å². The van der Waals surface area contributed by atoms with E-state index in [-0.39, 0.29) is 11.7 Å². The zero-order valence-corrected chi connectivity index (χ0v) is 15.8. The molecule has 0 atom stereocenters. The number of hydrogen-bond acceptors (Lipinski definition) is 2. The summed E-state index contributed by atoms with van der Waals surface area (Å²) in [6.45, 7) is 3.14. The highest BCUT2D eigenvalue weighted by molar-refractivity contribution is 5.86. The maximum atomic E-state index is 13.8. The van der Waals surface area contributed by atoms with Crippen LogP contribution in [0, 0.1) is 17.7 Å². The lowest BCUT2D eigenvalue weighted by Crippen LogP contribution is -2.22. The number of rotatable bonds is 5. The highest BCUT2D eigenvalue weighted by Crippen LogP contribution is 2.33. The smallest absolute Gasteiger partial charge is 0.306 e. The number of halogens is 1. The van der Waals surface area contributed by atoms with Crippen LogP contribution in [0.1, 0.15) is 49.7 Å². The summed E-state index contributed by atoms with van der Waals surface area (Å²) in [5.41, 5.74) is 2.53. The molecule has 2 aromatic carbocycles. The SMILES string of the molecule is O=C(O)C1CCC(Cc2cc(CN3CCCC3)c3cc(F)ccc3c2)CC1. The van der Waals surface area contributed by atoms with Crippen molar-refractivity contribution in [3.63, 3.8) is 0 Å². The van der Waals surface area contributed by atoms with Gasteiger partial charge in [0.2, 0.25) is 0 Å². The summed E-state index contributed by atoms with van der Waals surface area (Å²) in [5.74, 6) is -0.427. The molecule has 0 unspecified atom stereocenters. The molecule has 2 aromatic rings. The van der Waals surface area contributed by atoms with Crippen LogP contribution in [-0.2, 0) is 17.8 Å². The number of nitrogens with zero attached hydrogens (tertiary/aromatic N) is 1. The van der Waals surface area contributed by atoms with E-state index in [0.717, 1.165) is 62.5 Å². The van der Waals surface area contributed by atoms with Crippen molar-refractivity contribution < 1.29 is 14.3 Å². The lowest BCUT2D eigenvalue weighted by molar-refractivity contribution is -0.143. The Bertz CT molecular complexity index is 820. The average Bonchev–Trinajstić information content (AvgIpc) is 3.16. The summed E-state index contributed by atoms with van der Waals surface area (Å²) >= 11 is 0. The number of carbonyl (C=O) groups is 1. The Morgan fingerprint density at radius 2 is 1.81 bits per heavy atom. The van der Waals surface area contributed by atoms with Gasteiger partial charge in [-0.25, -0.2) is 4.39 Å². The molecule has 3 nitrogen and oxygen atoms in total. The minimum absolute atomic E-state index is 0.161. The molecule has 4 rings (SSSR count). The Morgan fingerprint density at radius 1 is 1.07 bits per heavy atom. The number of benzene rings is 2. The molecular weight excluding hydrogens is 341 g/mol. The number of fused-ring (bicyclic) bond motifs is 1. The zero-order chi connectivity index (χ0) is 18.8. The van der Waals surface area contributed by atoms with Crippen molar-refractivity contribution in [2.45, 2.75) is 51.5 Å². The largest absolute Gasteiger partial charge is 0.481 e. The Hall–Kier alpha value is -1.94. The Morgan fingerprint density at radius 3 is 2.52 bits per heavy atom. The first-order valence-electron chi connectivity index (χ1n) is 10.2. The van der Waals surface area contributed by atoms with Gasteiger partial charge in [0.15, 0.2) is 0 Å². The molecule has 27 heavy (non-hydrogen) atoms. The monoisotopic (exact) mass is 369 g/mol. The zero-order valence-electron chi connectivity index (χ0n) is 15.8. The summed E-state index contributed by atoms with van der Waals surface area (Å²) in [5, 5.41) is 11.3. The quantitative estimate of drug-likeness (QED) is 0.805. The van der Waals surface area contributed by atoms with Gasteiger partial charge >= 0.3 is 5.97 Å². The molecule has 2 aliphatic rings. The number of carboxylic acid groups (broad SMARTS) is 1. The number of carboxylic acids is 1. The summed E-state index contributed by atoms with van der Waals surface area (Å²) in [7, 11) is 0. The average molecular weight is 369 g/mol. The van der Waals surface area contributed by atoms with Crippen LogP contribution in [0.4, 0.5) is 4.39 Å². The van der Waals surface area contributed by atoms with Gasteiger partial charge in [-0.2, -0.15) is 0 Å². The van der Waals surface area contributed by atoms with Gasteiger partial charge in [0, 0.05) is 6.54 Å². The first-order valence-corrected chi connectivity index (χ1v) is 10.2. The molecule has 0 aromatic heterocycles. The topological polar surface area (TPSA) is 40.5 Å². The molecule has 1 aliphatic carbocycles. The highest BCUT2D eigenvalue weighted by atomic mass is 19.1. The van der Waals surface area contributed by atoms with Crippen molar-refractivity contribution in [2.75, 3.05) is 13.1 Å². The second-order valence-corrected chi connectivity index (χ2v) is 8.36. The van der Waals surface area contributed by atoms with Gasteiger partial charge in [0.1, 0.15) is 5.82 Å². The van der Waals surface area contributed by atoms with E-state index in [9.17, 15) is 14.3 Å². The van der Waals surface area contributed by atoms with E-state index in [1.807, 2.05) is 6.07 Å². The van der Waals surface area contributed by atoms with Gasteiger partial charge < -0.3 is 5.11 Å². The van der Waals surface area contributed by atoms with Crippen LogP contribution in [0.25, 0.3) is 10.8 Å². The fourth-order valence-electron chi connectivity index (χ4n) is 4.85. The number of likely N-dealkylation sites (tertiary alicyclic amines) is 1. The molecule has 144 valence electrons. The third-order valence-electron chi connectivity index (χ3n) is 6.37. The van der Waals surface area contributed by atoms with E-state index in [4.69, 9.17) is 0 Å². The highest BCUT2D eigenvalue weighted by Gasteiger charge is 2.26. The van der Waals surface area contributed by atoms with Crippen LogP contribution in [0.5, 0.6) is 0 Å². The van der Waals surface area contributed by atoms with Gasteiger partial charge in [-0.15, -0.1) is 0 Å². The standard InChI is InChI=1S/C23H28FNO2/c24-21-8-7-19-12-17(11-16-3-5-18(6-4-16)23(26)27)13-20(22(19)14-21)15-25-9-1-2-10-25/h7-8,12-14,16,18H,1-6,9-11,15H2,(H,26,27). The van der Waals surface area contributed by atoms with Crippen LogP contribution < -0.4 is 0 Å². The Labute approximate surface area is 160 Å². The summed E-state index contributed by atoms with van der Waals surface area (Å²) in [6.07, 6.45) is 7.04. The molecule has 1 N–H and O–H groups in total. The predicted molar refractivity (Wildman–Crippen MR) is 105 cm³/mol. The van der Waals surface area contributed by atoms with Gasteiger partial charge in [0.05, 0.1) is 5.92 Å². The molecule has 2 fully saturated rings. The lowest BCUT2D eigenvalue weighted by atomic mass is 9.79. The van der Waals surface area contributed by atoms with Crippen molar-refractivity contribution in [3.8, 4) is 0 Å². The fraction of sp³-hybridized carbons (Fsp3) is 0.522. The predicted octanol–water partition coefficient (Wildman–Crippen LogP) is 5.01. The molecule has 0 bridgehead atoms. The Balaban J connectivity index is 1.55. The second kappa shape index (κ2) is 7.97. The first-order chi connectivity index (χ1) is 13.1. The second-order valence-electron chi connectivity index (χ2n) is 8.36. The van der Waals surface area contributed by atoms with Gasteiger partial charge in [0.25, 0.3) is 0 Å². The van der Waals surface area contributed by atoms with Gasteiger partial charge in [-0.05, 0) is 98.0 Å². The maximum absolute atomic E-state index is 13.8. The first kappa shape index (κ1) is 18.4. The van der Waals surface area contributed by atoms with Crippen molar-refractivity contribution >= 4 is 16.7 Å². The fourth-order valence-corrected chi connectivity index (χ4v) is 4.85. The molecule has 1 saturated heterocycles. The molecule has 1 saturated carbocycles. The van der Waals surface area contributed by atoms with Crippen LogP contribution in [0.3, 0.4) is 0 Å².